The molecule has 0 radical (unpaired) electrons. The van der Waals surface area contributed by atoms with E-state index in [1.54, 1.807) is 13.4 Å². The Hall–Kier alpha value is -1.76. The third kappa shape index (κ3) is 2.18. The number of imidazole rings is 1. The first-order chi connectivity index (χ1) is 7.15. The monoisotopic (exact) mass is 207 g/mol. The number of hydrogen-bond donors (Lipinski definition) is 1. The van der Waals surface area contributed by atoms with E-state index in [4.69, 9.17) is 5.73 Å². The van der Waals surface area contributed by atoms with Crippen LogP contribution in [0.2, 0.25) is 0 Å². The van der Waals surface area contributed by atoms with Crippen molar-refractivity contribution >= 4 is 0 Å². The van der Waals surface area contributed by atoms with Gasteiger partial charge in [0, 0.05) is 19.7 Å². The fraction of sp³-hybridized carbons (Fsp3) is 0.500. The van der Waals surface area contributed by atoms with Crippen molar-refractivity contribution in [2.24, 2.45) is 19.8 Å². The van der Waals surface area contributed by atoms with Crippen molar-refractivity contribution in [2.45, 2.75) is 12.5 Å². The van der Waals surface area contributed by atoms with Crippen LogP contribution in [0.3, 0.4) is 0 Å². The van der Waals surface area contributed by atoms with E-state index in [2.05, 4.69) is 20.4 Å². The second-order valence-electron chi connectivity index (χ2n) is 3.47. The van der Waals surface area contributed by atoms with Crippen molar-refractivity contribution in [3.63, 3.8) is 0 Å². The highest BCUT2D eigenvalue weighted by Gasteiger charge is 2.12. The van der Waals surface area contributed by atoms with Gasteiger partial charge in [-0.3, -0.25) is 0 Å². The number of aryl methyl sites for hydroxylation is 2. The Morgan fingerprint density at radius 1 is 1.47 bits per heavy atom. The number of aromatic nitrogens is 6. The van der Waals surface area contributed by atoms with Gasteiger partial charge in [-0.05, 0) is 5.21 Å². The maximum atomic E-state index is 5.96. The molecule has 1 atom stereocenters. The zero-order valence-electron chi connectivity index (χ0n) is 8.70. The minimum absolute atomic E-state index is 0.185. The summed E-state index contributed by atoms with van der Waals surface area (Å²) < 4.78 is 1.86. The molecule has 0 aliphatic heterocycles. The topological polar surface area (TPSA) is 87.4 Å². The van der Waals surface area contributed by atoms with Crippen LogP contribution in [0.25, 0.3) is 0 Å². The van der Waals surface area contributed by atoms with Gasteiger partial charge in [-0.15, -0.1) is 10.2 Å². The van der Waals surface area contributed by atoms with Crippen molar-refractivity contribution in [3.05, 3.63) is 24.0 Å². The van der Waals surface area contributed by atoms with E-state index in [9.17, 15) is 0 Å². The minimum Gasteiger partial charge on any atom is -0.340 e. The predicted molar refractivity (Wildman–Crippen MR) is 52.6 cm³/mol. The van der Waals surface area contributed by atoms with Crippen LogP contribution in [-0.4, -0.2) is 29.8 Å². The van der Waals surface area contributed by atoms with Gasteiger partial charge in [-0.1, -0.05) is 0 Å². The predicted octanol–water partition coefficient (Wildman–Crippen LogP) is -0.814. The Kier molecular flexibility index (Phi) is 2.46. The molecule has 2 aromatic rings. The number of nitrogens with zero attached hydrogens (tertiary/aromatic N) is 6. The molecule has 0 amide bonds. The molecule has 7 heteroatoms. The first-order valence-corrected chi connectivity index (χ1v) is 4.61. The molecular formula is C8H13N7. The van der Waals surface area contributed by atoms with Crippen molar-refractivity contribution in [1.82, 2.24) is 29.8 Å². The molecule has 0 saturated carbocycles. The highest BCUT2D eigenvalue weighted by atomic mass is 15.6. The molecule has 1 unspecified atom stereocenters. The fourth-order valence-corrected chi connectivity index (χ4v) is 1.33. The van der Waals surface area contributed by atoms with Crippen LogP contribution in [0.5, 0.6) is 0 Å². The third-order valence-electron chi connectivity index (χ3n) is 2.06. The van der Waals surface area contributed by atoms with Crippen LogP contribution in [-0.2, 0) is 20.5 Å². The summed E-state index contributed by atoms with van der Waals surface area (Å²) in [5.74, 6) is 0.635. The van der Waals surface area contributed by atoms with E-state index in [-0.39, 0.29) is 6.04 Å². The van der Waals surface area contributed by atoms with Gasteiger partial charge >= 0.3 is 0 Å². The van der Waals surface area contributed by atoms with Crippen LogP contribution < -0.4 is 5.73 Å². The van der Waals surface area contributed by atoms with Gasteiger partial charge in [-0.2, -0.15) is 4.80 Å². The van der Waals surface area contributed by atoms with Crippen LogP contribution in [0.15, 0.2) is 12.5 Å². The Labute approximate surface area is 86.9 Å². The number of hydrogen-bond acceptors (Lipinski definition) is 5. The van der Waals surface area contributed by atoms with Gasteiger partial charge in [0.25, 0.3) is 0 Å². The summed E-state index contributed by atoms with van der Waals surface area (Å²) in [6.45, 7) is 0. The molecule has 15 heavy (non-hydrogen) atoms. The van der Waals surface area contributed by atoms with E-state index >= 15 is 0 Å². The molecule has 0 fully saturated rings. The molecule has 2 N–H and O–H groups in total. The van der Waals surface area contributed by atoms with Gasteiger partial charge < -0.3 is 10.3 Å². The van der Waals surface area contributed by atoms with Gasteiger partial charge in [-0.25, -0.2) is 4.98 Å². The minimum atomic E-state index is -0.185. The maximum absolute atomic E-state index is 5.96. The lowest BCUT2D eigenvalue weighted by molar-refractivity contribution is 0.621. The largest absolute Gasteiger partial charge is 0.340 e. The number of tetrazole rings is 1. The summed E-state index contributed by atoms with van der Waals surface area (Å²) in [7, 11) is 3.63. The summed E-state index contributed by atoms with van der Waals surface area (Å²) >= 11 is 0. The molecular weight excluding hydrogens is 194 g/mol. The van der Waals surface area contributed by atoms with E-state index in [0.29, 0.717) is 12.2 Å². The molecule has 80 valence electrons. The summed E-state index contributed by atoms with van der Waals surface area (Å²) in [5.41, 5.74) is 6.79. The van der Waals surface area contributed by atoms with Crippen molar-refractivity contribution in [2.75, 3.05) is 0 Å². The maximum Gasteiger partial charge on any atom is 0.176 e. The quantitative estimate of drug-likeness (QED) is 0.711. The number of nitrogens with two attached hydrogens (primary N) is 1. The second kappa shape index (κ2) is 3.77. The highest BCUT2D eigenvalue weighted by molar-refractivity contribution is 5.05. The SMILES string of the molecule is Cn1cnc(C(N)Cc2nnn(C)n2)c1. The Balaban J connectivity index is 2.06. The first-order valence-electron chi connectivity index (χ1n) is 4.61. The summed E-state index contributed by atoms with van der Waals surface area (Å²) in [6.07, 6.45) is 4.16. The van der Waals surface area contributed by atoms with Gasteiger partial charge in [0.05, 0.1) is 25.1 Å². The molecule has 7 nitrogen and oxygen atoms in total. The molecule has 0 spiro atoms. The van der Waals surface area contributed by atoms with Crippen molar-refractivity contribution in [1.29, 1.82) is 0 Å². The number of rotatable bonds is 3. The second-order valence-corrected chi connectivity index (χ2v) is 3.47. The lowest BCUT2D eigenvalue weighted by atomic mass is 10.1. The van der Waals surface area contributed by atoms with Crippen LogP contribution in [0.4, 0.5) is 0 Å². The molecule has 0 aromatic carbocycles. The molecule has 0 aliphatic carbocycles. The smallest absolute Gasteiger partial charge is 0.176 e. The van der Waals surface area contributed by atoms with Crippen molar-refractivity contribution < 1.29 is 0 Å². The Morgan fingerprint density at radius 3 is 2.80 bits per heavy atom. The van der Waals surface area contributed by atoms with Crippen LogP contribution >= 0.6 is 0 Å². The van der Waals surface area contributed by atoms with Gasteiger partial charge in [0.1, 0.15) is 0 Å². The Morgan fingerprint density at radius 2 is 2.27 bits per heavy atom. The van der Waals surface area contributed by atoms with E-state index in [1.165, 1.54) is 4.80 Å². The highest BCUT2D eigenvalue weighted by Crippen LogP contribution is 2.10. The molecule has 2 heterocycles. The molecule has 0 aliphatic rings. The first kappa shape index (κ1) is 9.78. The lowest BCUT2D eigenvalue weighted by Gasteiger charge is -2.04. The fourth-order valence-electron chi connectivity index (χ4n) is 1.33. The van der Waals surface area contributed by atoms with Crippen LogP contribution in [0, 0.1) is 0 Å². The zero-order valence-corrected chi connectivity index (χ0v) is 8.70. The summed E-state index contributed by atoms with van der Waals surface area (Å²) in [5, 5.41) is 11.7. The van der Waals surface area contributed by atoms with Crippen molar-refractivity contribution in [3.8, 4) is 0 Å². The zero-order chi connectivity index (χ0) is 10.8. The molecule has 2 rings (SSSR count). The van der Waals surface area contributed by atoms with Gasteiger partial charge in [0.2, 0.25) is 0 Å². The normalized spacial score (nSPS) is 13.0. The molecule has 2 aromatic heterocycles. The van der Waals surface area contributed by atoms with Gasteiger partial charge in [0.15, 0.2) is 5.82 Å². The average Bonchev–Trinajstić information content (AvgIpc) is 2.75. The Bertz CT molecular complexity index is 443. The molecule has 0 bridgehead atoms. The lowest BCUT2D eigenvalue weighted by Crippen LogP contribution is -2.14. The standard InChI is InChI=1S/C8H13N7/c1-14-4-7(10-5-14)6(9)3-8-11-13-15(2)12-8/h4-6H,3,9H2,1-2H3. The van der Waals surface area contributed by atoms with E-state index < -0.39 is 0 Å². The summed E-state index contributed by atoms with van der Waals surface area (Å²) in [6, 6.07) is -0.185. The van der Waals surface area contributed by atoms with Crippen LogP contribution in [0.1, 0.15) is 17.6 Å². The average molecular weight is 207 g/mol. The van der Waals surface area contributed by atoms with E-state index in [0.717, 1.165) is 5.69 Å². The summed E-state index contributed by atoms with van der Waals surface area (Å²) in [4.78, 5) is 5.59. The molecule has 0 saturated heterocycles. The third-order valence-corrected chi connectivity index (χ3v) is 2.06. The van der Waals surface area contributed by atoms with E-state index in [1.807, 2.05) is 17.8 Å².